The van der Waals surface area contributed by atoms with E-state index in [4.69, 9.17) is 5.73 Å². The Hall–Kier alpha value is -3.41. The van der Waals surface area contributed by atoms with Crippen LogP contribution in [0.2, 0.25) is 0 Å². The molecule has 4 aromatic rings. The molecule has 27 heavy (non-hydrogen) atoms. The SMILES string of the molecule is CC(C)(C)c1cc(C=Nc2cc(-c3ccc4nc[nH]c4c3)ccc2N)n[nH]1. The number of imidazole rings is 1. The molecule has 136 valence electrons. The summed E-state index contributed by atoms with van der Waals surface area (Å²) in [4.78, 5) is 12.0. The summed E-state index contributed by atoms with van der Waals surface area (Å²) < 4.78 is 0. The van der Waals surface area contributed by atoms with Crippen molar-refractivity contribution in [1.82, 2.24) is 20.2 Å². The van der Waals surface area contributed by atoms with Crippen molar-refractivity contribution in [3.05, 3.63) is 60.2 Å². The maximum atomic E-state index is 6.12. The lowest BCUT2D eigenvalue weighted by Gasteiger charge is -2.14. The lowest BCUT2D eigenvalue weighted by atomic mass is 9.92. The van der Waals surface area contributed by atoms with E-state index in [0.717, 1.165) is 39.2 Å². The fourth-order valence-corrected chi connectivity index (χ4v) is 2.87. The van der Waals surface area contributed by atoms with Gasteiger partial charge in [0.05, 0.1) is 35.0 Å². The standard InChI is InChI=1S/C21H22N6/c1-21(2,3)20-10-15(26-27-20)11-23-18-8-13(4-6-16(18)22)14-5-7-17-19(9-14)25-12-24-17/h4-12H,22H2,1-3H3,(H,24,25)(H,26,27). The molecule has 0 fully saturated rings. The van der Waals surface area contributed by atoms with Crippen LogP contribution in [0, 0.1) is 0 Å². The molecule has 0 radical (unpaired) electrons. The highest BCUT2D eigenvalue weighted by atomic mass is 15.1. The zero-order valence-electron chi connectivity index (χ0n) is 15.6. The molecule has 0 aliphatic rings. The average Bonchev–Trinajstić information content (AvgIpc) is 3.29. The maximum Gasteiger partial charge on any atom is 0.103 e. The van der Waals surface area contributed by atoms with Crippen LogP contribution in [-0.2, 0) is 5.41 Å². The molecule has 0 spiro atoms. The van der Waals surface area contributed by atoms with Crippen molar-refractivity contribution >= 4 is 28.6 Å². The minimum Gasteiger partial charge on any atom is -0.397 e. The minimum atomic E-state index is 0.0172. The Morgan fingerprint density at radius 3 is 2.59 bits per heavy atom. The van der Waals surface area contributed by atoms with Gasteiger partial charge < -0.3 is 10.7 Å². The van der Waals surface area contributed by atoms with Crippen LogP contribution in [0.1, 0.15) is 32.2 Å². The molecule has 0 bridgehead atoms. The van der Waals surface area contributed by atoms with Crippen LogP contribution >= 0.6 is 0 Å². The first kappa shape index (κ1) is 17.0. The third-order valence-corrected chi connectivity index (χ3v) is 4.53. The molecule has 2 aromatic heterocycles. The second kappa shape index (κ2) is 6.39. The Labute approximate surface area is 157 Å². The van der Waals surface area contributed by atoms with Gasteiger partial charge in [-0.15, -0.1) is 0 Å². The Bertz CT molecular complexity index is 1130. The van der Waals surface area contributed by atoms with Crippen molar-refractivity contribution in [2.24, 2.45) is 4.99 Å². The van der Waals surface area contributed by atoms with Gasteiger partial charge in [0.25, 0.3) is 0 Å². The fourth-order valence-electron chi connectivity index (χ4n) is 2.87. The average molecular weight is 358 g/mol. The maximum absolute atomic E-state index is 6.12. The van der Waals surface area contributed by atoms with Gasteiger partial charge in [-0.2, -0.15) is 5.10 Å². The number of H-pyrrole nitrogens is 2. The number of nitrogens with two attached hydrogens (primary N) is 1. The molecular weight excluding hydrogens is 336 g/mol. The number of hydrogen-bond donors (Lipinski definition) is 3. The van der Waals surface area contributed by atoms with Crippen LogP contribution in [0.5, 0.6) is 0 Å². The lowest BCUT2D eigenvalue weighted by molar-refractivity contribution is 0.567. The predicted molar refractivity (Wildman–Crippen MR) is 110 cm³/mol. The number of anilines is 1. The summed E-state index contributed by atoms with van der Waals surface area (Å²) in [5, 5.41) is 7.38. The van der Waals surface area contributed by atoms with Gasteiger partial charge in [-0.3, -0.25) is 10.1 Å². The molecule has 4 N–H and O–H groups in total. The molecule has 0 aliphatic carbocycles. The number of nitrogens with one attached hydrogen (secondary N) is 2. The first-order chi connectivity index (χ1) is 12.9. The molecule has 0 amide bonds. The number of aromatic amines is 2. The number of aromatic nitrogens is 4. The summed E-state index contributed by atoms with van der Waals surface area (Å²) in [6.07, 6.45) is 3.43. The molecule has 0 atom stereocenters. The first-order valence-electron chi connectivity index (χ1n) is 8.83. The summed E-state index contributed by atoms with van der Waals surface area (Å²) in [6, 6.07) is 14.0. The second-order valence-electron chi connectivity index (χ2n) is 7.62. The van der Waals surface area contributed by atoms with Crippen LogP contribution in [0.25, 0.3) is 22.2 Å². The van der Waals surface area contributed by atoms with E-state index in [-0.39, 0.29) is 5.41 Å². The molecule has 6 heteroatoms. The number of nitrogens with zero attached hydrogens (tertiary/aromatic N) is 3. The van der Waals surface area contributed by atoms with Crippen LogP contribution in [-0.4, -0.2) is 26.4 Å². The van der Waals surface area contributed by atoms with Gasteiger partial charge in [0.1, 0.15) is 5.69 Å². The van der Waals surface area contributed by atoms with Crippen molar-refractivity contribution in [3.63, 3.8) is 0 Å². The van der Waals surface area contributed by atoms with Crippen molar-refractivity contribution in [2.45, 2.75) is 26.2 Å². The number of nitrogen functional groups attached to an aromatic ring is 1. The third kappa shape index (κ3) is 3.46. The lowest BCUT2D eigenvalue weighted by Crippen LogP contribution is -2.11. The monoisotopic (exact) mass is 358 g/mol. The number of fused-ring (bicyclic) bond motifs is 1. The van der Waals surface area contributed by atoms with Gasteiger partial charge in [0, 0.05) is 11.1 Å². The predicted octanol–water partition coefficient (Wildman–Crippen LogP) is 4.58. The van der Waals surface area contributed by atoms with Gasteiger partial charge in [-0.25, -0.2) is 4.98 Å². The van der Waals surface area contributed by atoms with Gasteiger partial charge in [0.15, 0.2) is 0 Å². The molecule has 0 saturated heterocycles. The van der Waals surface area contributed by atoms with E-state index in [0.29, 0.717) is 5.69 Å². The zero-order chi connectivity index (χ0) is 19.0. The Balaban J connectivity index is 1.65. The summed E-state index contributed by atoms with van der Waals surface area (Å²) in [5.74, 6) is 0. The van der Waals surface area contributed by atoms with E-state index in [1.54, 1.807) is 12.5 Å². The van der Waals surface area contributed by atoms with Gasteiger partial charge in [-0.05, 0) is 41.5 Å². The van der Waals surface area contributed by atoms with Crippen LogP contribution in [0.4, 0.5) is 11.4 Å². The van der Waals surface area contributed by atoms with Crippen LogP contribution < -0.4 is 5.73 Å². The Morgan fingerprint density at radius 2 is 1.81 bits per heavy atom. The Kier molecular flexibility index (Phi) is 4.03. The number of benzene rings is 2. The molecular formula is C21H22N6. The molecule has 4 rings (SSSR count). The second-order valence-corrected chi connectivity index (χ2v) is 7.62. The Morgan fingerprint density at radius 1 is 1.04 bits per heavy atom. The number of hydrogen-bond acceptors (Lipinski definition) is 4. The molecule has 2 heterocycles. The molecule has 6 nitrogen and oxygen atoms in total. The van der Waals surface area contributed by atoms with E-state index < -0.39 is 0 Å². The topological polar surface area (TPSA) is 95.7 Å². The van der Waals surface area contributed by atoms with Crippen molar-refractivity contribution < 1.29 is 0 Å². The van der Waals surface area contributed by atoms with E-state index in [1.807, 2.05) is 36.4 Å². The van der Waals surface area contributed by atoms with Crippen molar-refractivity contribution in [1.29, 1.82) is 0 Å². The number of rotatable bonds is 3. The highest BCUT2D eigenvalue weighted by Crippen LogP contribution is 2.30. The molecule has 0 saturated carbocycles. The van der Waals surface area contributed by atoms with E-state index in [2.05, 4.69) is 52.0 Å². The largest absolute Gasteiger partial charge is 0.397 e. The van der Waals surface area contributed by atoms with Crippen molar-refractivity contribution in [2.75, 3.05) is 5.73 Å². The van der Waals surface area contributed by atoms with Crippen LogP contribution in [0.15, 0.2) is 53.8 Å². The van der Waals surface area contributed by atoms with Gasteiger partial charge in [0.2, 0.25) is 0 Å². The first-order valence-corrected chi connectivity index (χ1v) is 8.83. The molecule has 0 unspecified atom stereocenters. The highest BCUT2D eigenvalue weighted by molar-refractivity contribution is 5.86. The molecule has 2 aromatic carbocycles. The number of aliphatic imine (C=N–C) groups is 1. The summed E-state index contributed by atoms with van der Waals surface area (Å²) in [7, 11) is 0. The smallest absolute Gasteiger partial charge is 0.103 e. The third-order valence-electron chi connectivity index (χ3n) is 4.53. The normalized spacial score (nSPS) is 12.3. The summed E-state index contributed by atoms with van der Waals surface area (Å²) in [6.45, 7) is 6.41. The zero-order valence-corrected chi connectivity index (χ0v) is 15.6. The van der Waals surface area contributed by atoms with Crippen molar-refractivity contribution in [3.8, 4) is 11.1 Å². The van der Waals surface area contributed by atoms with Gasteiger partial charge >= 0.3 is 0 Å². The van der Waals surface area contributed by atoms with Gasteiger partial charge in [-0.1, -0.05) is 32.9 Å². The fraction of sp³-hybridized carbons (Fsp3) is 0.190. The highest BCUT2D eigenvalue weighted by Gasteiger charge is 2.16. The van der Waals surface area contributed by atoms with E-state index in [9.17, 15) is 0 Å². The quantitative estimate of drug-likeness (QED) is 0.369. The van der Waals surface area contributed by atoms with Crippen LogP contribution in [0.3, 0.4) is 0 Å². The summed E-state index contributed by atoms with van der Waals surface area (Å²) >= 11 is 0. The summed E-state index contributed by atoms with van der Waals surface area (Å²) in [5.41, 5.74) is 13.4. The molecule has 0 aliphatic heterocycles. The van der Waals surface area contributed by atoms with E-state index in [1.165, 1.54) is 0 Å². The minimum absolute atomic E-state index is 0.0172. The van der Waals surface area contributed by atoms with E-state index >= 15 is 0 Å².